The summed E-state index contributed by atoms with van der Waals surface area (Å²) in [5.41, 5.74) is 2.02. The van der Waals surface area contributed by atoms with Crippen molar-refractivity contribution >= 4 is 5.91 Å². The second kappa shape index (κ2) is 7.13. The number of carbonyl (C=O) groups excluding carboxylic acids is 1. The first kappa shape index (κ1) is 16.6. The molecule has 2 aromatic rings. The van der Waals surface area contributed by atoms with Gasteiger partial charge in [-0.05, 0) is 37.1 Å². The minimum Gasteiger partial charge on any atom is -0.338 e. The lowest BCUT2D eigenvalue weighted by Crippen LogP contribution is -2.49. The molecule has 0 saturated carbocycles. The van der Waals surface area contributed by atoms with E-state index in [1.807, 2.05) is 31.0 Å². The quantitative estimate of drug-likeness (QED) is 0.863. The fraction of sp³-hybridized carbons (Fsp3) is 0.444. The second-order valence-electron chi connectivity index (χ2n) is 6.41. The first-order chi connectivity index (χ1) is 11.5. The molecule has 3 rings (SSSR count). The zero-order valence-electron chi connectivity index (χ0n) is 14.2. The highest BCUT2D eigenvalue weighted by molar-refractivity contribution is 5.80. The Hall–Kier alpha value is -2.21. The smallest absolute Gasteiger partial charge is 0.247 e. The van der Waals surface area contributed by atoms with Gasteiger partial charge in [-0.1, -0.05) is 12.1 Å². The molecule has 1 aromatic heterocycles. The molecular weight excluding hydrogens is 307 g/mol. The summed E-state index contributed by atoms with van der Waals surface area (Å²) in [5.74, 6) is -0.104. The second-order valence-corrected chi connectivity index (χ2v) is 6.41. The molecule has 1 fully saturated rings. The topological polar surface area (TPSA) is 41.4 Å². The molecule has 0 spiro atoms. The van der Waals surface area contributed by atoms with Gasteiger partial charge in [-0.25, -0.2) is 4.39 Å². The highest BCUT2D eigenvalue weighted by Crippen LogP contribution is 2.14. The maximum absolute atomic E-state index is 13.3. The van der Waals surface area contributed by atoms with E-state index in [1.54, 1.807) is 23.0 Å². The summed E-state index contributed by atoms with van der Waals surface area (Å²) < 4.78 is 15.0. The minimum absolute atomic E-state index is 0.100. The fourth-order valence-corrected chi connectivity index (χ4v) is 3.04. The monoisotopic (exact) mass is 330 g/mol. The van der Waals surface area contributed by atoms with E-state index in [2.05, 4.69) is 10.00 Å². The van der Waals surface area contributed by atoms with Gasteiger partial charge >= 0.3 is 0 Å². The first-order valence-corrected chi connectivity index (χ1v) is 8.29. The lowest BCUT2D eigenvalue weighted by atomic mass is 10.2. The van der Waals surface area contributed by atoms with Crippen LogP contribution < -0.4 is 0 Å². The Morgan fingerprint density at radius 1 is 1.29 bits per heavy atom. The Bertz CT molecular complexity index is 707. The Kier molecular flexibility index (Phi) is 4.94. The lowest BCUT2D eigenvalue weighted by molar-refractivity contribution is -0.136. The molecule has 6 heteroatoms. The van der Waals surface area contributed by atoms with Gasteiger partial charge < -0.3 is 4.90 Å². The van der Waals surface area contributed by atoms with Crippen molar-refractivity contribution in [2.45, 2.75) is 26.4 Å². The van der Waals surface area contributed by atoms with Crippen LogP contribution in [0.5, 0.6) is 0 Å². The van der Waals surface area contributed by atoms with Crippen LogP contribution in [0.1, 0.15) is 24.1 Å². The van der Waals surface area contributed by atoms with Gasteiger partial charge in [-0.15, -0.1) is 0 Å². The molecule has 1 amide bonds. The van der Waals surface area contributed by atoms with Gasteiger partial charge in [0.1, 0.15) is 11.9 Å². The van der Waals surface area contributed by atoms with E-state index < -0.39 is 0 Å². The van der Waals surface area contributed by atoms with Crippen molar-refractivity contribution in [2.24, 2.45) is 0 Å². The van der Waals surface area contributed by atoms with Crippen LogP contribution >= 0.6 is 0 Å². The maximum atomic E-state index is 13.3. The van der Waals surface area contributed by atoms with Gasteiger partial charge in [0, 0.05) is 38.9 Å². The number of carbonyl (C=O) groups is 1. The average molecular weight is 330 g/mol. The summed E-state index contributed by atoms with van der Waals surface area (Å²) >= 11 is 0. The van der Waals surface area contributed by atoms with Crippen LogP contribution in [0.2, 0.25) is 0 Å². The zero-order chi connectivity index (χ0) is 17.1. The SMILES string of the molecule is Cc1cnn([C@@H](C)C(=O)N2CCN(Cc3cccc(F)c3)CC2)c1. The minimum atomic E-state index is -0.284. The molecule has 24 heavy (non-hydrogen) atoms. The summed E-state index contributed by atoms with van der Waals surface area (Å²) in [6, 6.07) is 6.41. The van der Waals surface area contributed by atoms with E-state index in [4.69, 9.17) is 0 Å². The van der Waals surface area contributed by atoms with Crippen molar-refractivity contribution in [3.05, 3.63) is 53.6 Å². The van der Waals surface area contributed by atoms with Gasteiger partial charge in [-0.2, -0.15) is 5.10 Å². The Labute approximate surface area is 141 Å². The third-order valence-corrected chi connectivity index (χ3v) is 4.46. The van der Waals surface area contributed by atoms with Crippen LogP contribution in [0.4, 0.5) is 4.39 Å². The lowest BCUT2D eigenvalue weighted by Gasteiger charge is -2.36. The van der Waals surface area contributed by atoms with Crippen LogP contribution in [0.15, 0.2) is 36.7 Å². The fourth-order valence-electron chi connectivity index (χ4n) is 3.04. The molecule has 1 aliphatic heterocycles. The molecule has 1 aromatic carbocycles. The third-order valence-electron chi connectivity index (χ3n) is 4.46. The third kappa shape index (κ3) is 3.82. The number of piperazine rings is 1. The van der Waals surface area contributed by atoms with Crippen molar-refractivity contribution in [1.29, 1.82) is 0 Å². The van der Waals surface area contributed by atoms with Gasteiger partial charge in [0.25, 0.3) is 0 Å². The number of nitrogens with zero attached hydrogens (tertiary/aromatic N) is 4. The molecule has 1 atom stereocenters. The van der Waals surface area contributed by atoms with E-state index in [0.717, 1.165) is 24.2 Å². The summed E-state index contributed by atoms with van der Waals surface area (Å²) in [5, 5.41) is 4.23. The molecular formula is C18H23FN4O. The maximum Gasteiger partial charge on any atom is 0.247 e. The standard InChI is InChI=1S/C18H23FN4O/c1-14-11-20-23(12-14)15(2)18(24)22-8-6-21(7-9-22)13-16-4-3-5-17(19)10-16/h3-5,10-12,15H,6-9,13H2,1-2H3/t15-/m0/s1. The molecule has 1 aliphatic rings. The molecule has 2 heterocycles. The molecule has 0 aliphatic carbocycles. The van der Waals surface area contributed by atoms with E-state index in [1.165, 1.54) is 6.07 Å². The van der Waals surface area contributed by atoms with Crippen molar-refractivity contribution in [3.63, 3.8) is 0 Å². The predicted molar refractivity (Wildman–Crippen MR) is 89.9 cm³/mol. The average Bonchev–Trinajstić information content (AvgIpc) is 3.01. The number of hydrogen-bond donors (Lipinski definition) is 0. The summed E-state index contributed by atoms with van der Waals surface area (Å²) in [6.07, 6.45) is 3.66. The molecule has 128 valence electrons. The van der Waals surface area contributed by atoms with Gasteiger partial charge in [-0.3, -0.25) is 14.4 Å². The first-order valence-electron chi connectivity index (χ1n) is 8.29. The van der Waals surface area contributed by atoms with Crippen molar-refractivity contribution in [2.75, 3.05) is 26.2 Å². The number of benzene rings is 1. The number of aromatic nitrogens is 2. The van der Waals surface area contributed by atoms with Crippen molar-refractivity contribution < 1.29 is 9.18 Å². The molecule has 5 nitrogen and oxygen atoms in total. The Morgan fingerprint density at radius 3 is 2.67 bits per heavy atom. The number of amides is 1. The van der Waals surface area contributed by atoms with Gasteiger partial charge in [0.15, 0.2) is 0 Å². The molecule has 1 saturated heterocycles. The summed E-state index contributed by atoms with van der Waals surface area (Å²) in [6.45, 7) is 7.55. The van der Waals surface area contributed by atoms with E-state index in [9.17, 15) is 9.18 Å². The molecule has 0 radical (unpaired) electrons. The number of aryl methyl sites for hydroxylation is 1. The van der Waals surface area contributed by atoms with Crippen molar-refractivity contribution in [1.82, 2.24) is 19.6 Å². The molecule has 0 bridgehead atoms. The van der Waals surface area contributed by atoms with Crippen LogP contribution in [-0.4, -0.2) is 51.7 Å². The highest BCUT2D eigenvalue weighted by Gasteiger charge is 2.26. The van der Waals surface area contributed by atoms with Crippen LogP contribution in [0, 0.1) is 12.7 Å². The number of rotatable bonds is 4. The normalized spacial score (nSPS) is 17.0. The van der Waals surface area contributed by atoms with Crippen LogP contribution in [-0.2, 0) is 11.3 Å². The molecule has 0 unspecified atom stereocenters. The molecule has 0 N–H and O–H groups in total. The van der Waals surface area contributed by atoms with Gasteiger partial charge in [0.2, 0.25) is 5.91 Å². The van der Waals surface area contributed by atoms with Crippen molar-refractivity contribution in [3.8, 4) is 0 Å². The van der Waals surface area contributed by atoms with E-state index >= 15 is 0 Å². The van der Waals surface area contributed by atoms with Crippen LogP contribution in [0.25, 0.3) is 0 Å². The number of halogens is 1. The Balaban J connectivity index is 1.53. The largest absolute Gasteiger partial charge is 0.338 e. The van der Waals surface area contributed by atoms with Crippen LogP contribution in [0.3, 0.4) is 0 Å². The summed E-state index contributed by atoms with van der Waals surface area (Å²) in [7, 11) is 0. The zero-order valence-corrected chi connectivity index (χ0v) is 14.2. The Morgan fingerprint density at radius 2 is 2.04 bits per heavy atom. The predicted octanol–water partition coefficient (Wildman–Crippen LogP) is 2.24. The van der Waals surface area contributed by atoms with Gasteiger partial charge in [0.05, 0.1) is 6.20 Å². The highest BCUT2D eigenvalue weighted by atomic mass is 19.1. The summed E-state index contributed by atoms with van der Waals surface area (Å²) in [4.78, 5) is 16.8. The van der Waals surface area contributed by atoms with E-state index in [-0.39, 0.29) is 17.8 Å². The number of hydrogen-bond acceptors (Lipinski definition) is 3. The van der Waals surface area contributed by atoms with E-state index in [0.29, 0.717) is 19.6 Å².